The van der Waals surface area contributed by atoms with Crippen molar-refractivity contribution in [1.82, 2.24) is 14.5 Å². The predicted octanol–water partition coefficient (Wildman–Crippen LogP) is 5.38. The first-order chi connectivity index (χ1) is 13.5. The van der Waals surface area contributed by atoms with Crippen LogP contribution in [0.5, 0.6) is 11.5 Å². The molecule has 0 saturated heterocycles. The van der Waals surface area contributed by atoms with E-state index in [-0.39, 0.29) is 17.5 Å². The van der Waals surface area contributed by atoms with E-state index in [1.807, 2.05) is 18.3 Å². The topological polar surface area (TPSA) is 83.1 Å². The van der Waals surface area contributed by atoms with E-state index in [0.29, 0.717) is 5.75 Å². The van der Waals surface area contributed by atoms with Gasteiger partial charge < -0.3 is 9.30 Å². The van der Waals surface area contributed by atoms with Crippen LogP contribution in [0.2, 0.25) is 0 Å². The largest absolute Gasteiger partial charge is 0.450 e. The lowest BCUT2D eigenvalue weighted by Gasteiger charge is -2.07. The van der Waals surface area contributed by atoms with Gasteiger partial charge in [-0.25, -0.2) is 9.97 Å². The number of benzene rings is 2. The zero-order chi connectivity index (χ0) is 19.7. The molecule has 0 fully saturated rings. The van der Waals surface area contributed by atoms with E-state index in [0.717, 1.165) is 22.2 Å². The van der Waals surface area contributed by atoms with E-state index in [4.69, 9.17) is 4.74 Å². The van der Waals surface area contributed by atoms with Crippen molar-refractivity contribution >= 4 is 16.7 Å². The summed E-state index contributed by atoms with van der Waals surface area (Å²) in [7, 11) is 0. The summed E-state index contributed by atoms with van der Waals surface area (Å²) in [5.74, 6) is 0.743. The standard InChI is InChI=1S/C21H18N4O3/c1-14(2)24-12-18(17-11-22-13-23-21(17)24)15-7-9-16(10-8-15)28-20-6-4-3-5-19(20)25(26)27/h3-14H,1-2H3. The maximum absolute atomic E-state index is 11.1. The minimum absolute atomic E-state index is 0.0660. The first kappa shape index (κ1) is 17.7. The lowest BCUT2D eigenvalue weighted by Crippen LogP contribution is -1.99. The molecular weight excluding hydrogens is 356 g/mol. The fourth-order valence-electron chi connectivity index (χ4n) is 3.14. The molecule has 0 saturated carbocycles. The van der Waals surface area contributed by atoms with E-state index in [1.165, 1.54) is 6.07 Å². The summed E-state index contributed by atoms with van der Waals surface area (Å²) >= 11 is 0. The SMILES string of the molecule is CC(C)n1cc(-c2ccc(Oc3ccccc3[N+](=O)[O-])cc2)c2cncnc21. The van der Waals surface area contributed by atoms with Crippen LogP contribution in [0.15, 0.2) is 67.3 Å². The van der Waals surface area contributed by atoms with Crippen LogP contribution in [0.4, 0.5) is 5.69 Å². The number of aromatic nitrogens is 3. The van der Waals surface area contributed by atoms with Gasteiger partial charge in [-0.3, -0.25) is 10.1 Å². The molecule has 0 radical (unpaired) electrons. The van der Waals surface area contributed by atoms with Crippen molar-refractivity contribution in [3.8, 4) is 22.6 Å². The summed E-state index contributed by atoms with van der Waals surface area (Å²) in [6.07, 6.45) is 5.44. The summed E-state index contributed by atoms with van der Waals surface area (Å²) in [5, 5.41) is 12.1. The molecule has 4 aromatic rings. The maximum Gasteiger partial charge on any atom is 0.311 e. The molecule has 0 spiro atoms. The molecular formula is C21H18N4O3. The molecule has 2 aromatic carbocycles. The zero-order valence-electron chi connectivity index (χ0n) is 15.4. The number of nitrogens with zero attached hydrogens (tertiary/aromatic N) is 4. The van der Waals surface area contributed by atoms with Crippen molar-refractivity contribution in [2.24, 2.45) is 0 Å². The van der Waals surface area contributed by atoms with Crippen LogP contribution in [-0.2, 0) is 0 Å². The van der Waals surface area contributed by atoms with Gasteiger partial charge in [0.1, 0.15) is 17.7 Å². The summed E-state index contributed by atoms with van der Waals surface area (Å²) < 4.78 is 7.84. The summed E-state index contributed by atoms with van der Waals surface area (Å²) in [5.41, 5.74) is 2.85. The highest BCUT2D eigenvalue weighted by Gasteiger charge is 2.16. The molecule has 140 valence electrons. The number of fused-ring (bicyclic) bond motifs is 1. The third-order valence-electron chi connectivity index (χ3n) is 4.51. The molecule has 2 heterocycles. The Bertz CT molecular complexity index is 1150. The van der Waals surface area contributed by atoms with Crippen LogP contribution in [0.1, 0.15) is 19.9 Å². The third-order valence-corrected chi connectivity index (χ3v) is 4.51. The second-order valence-electron chi connectivity index (χ2n) is 6.66. The molecule has 2 aromatic heterocycles. The Morgan fingerprint density at radius 1 is 1.11 bits per heavy atom. The van der Waals surface area contributed by atoms with Gasteiger partial charge in [0, 0.05) is 35.5 Å². The molecule has 0 aliphatic heterocycles. The second-order valence-corrected chi connectivity index (χ2v) is 6.66. The van der Waals surface area contributed by atoms with Crippen molar-refractivity contribution in [2.45, 2.75) is 19.9 Å². The maximum atomic E-state index is 11.1. The summed E-state index contributed by atoms with van der Waals surface area (Å²) in [6, 6.07) is 14.0. The smallest absolute Gasteiger partial charge is 0.311 e. The quantitative estimate of drug-likeness (QED) is 0.346. The van der Waals surface area contributed by atoms with Gasteiger partial charge in [0.05, 0.1) is 4.92 Å². The van der Waals surface area contributed by atoms with Crippen molar-refractivity contribution < 1.29 is 9.66 Å². The molecule has 0 unspecified atom stereocenters. The average Bonchev–Trinajstić information content (AvgIpc) is 3.09. The highest BCUT2D eigenvalue weighted by Crippen LogP contribution is 2.34. The Balaban J connectivity index is 1.68. The second kappa shape index (κ2) is 7.11. The number of nitro benzene ring substituents is 1. The van der Waals surface area contributed by atoms with E-state index < -0.39 is 4.92 Å². The Hall–Kier alpha value is -3.74. The van der Waals surface area contributed by atoms with Crippen molar-refractivity contribution in [1.29, 1.82) is 0 Å². The molecule has 7 nitrogen and oxygen atoms in total. The first-order valence-corrected chi connectivity index (χ1v) is 8.87. The van der Waals surface area contributed by atoms with Crippen LogP contribution in [0.3, 0.4) is 0 Å². The molecule has 0 amide bonds. The molecule has 0 aliphatic carbocycles. The number of nitro groups is 1. The highest BCUT2D eigenvalue weighted by molar-refractivity contribution is 5.93. The van der Waals surface area contributed by atoms with Gasteiger partial charge in [0.15, 0.2) is 0 Å². The first-order valence-electron chi connectivity index (χ1n) is 8.87. The lowest BCUT2D eigenvalue weighted by atomic mass is 10.1. The minimum Gasteiger partial charge on any atom is -0.450 e. The van der Waals surface area contributed by atoms with Gasteiger partial charge in [-0.05, 0) is 37.6 Å². The van der Waals surface area contributed by atoms with Gasteiger partial charge >= 0.3 is 5.69 Å². The summed E-state index contributed by atoms with van der Waals surface area (Å²) in [4.78, 5) is 19.3. The molecule has 7 heteroatoms. The number of rotatable bonds is 5. The van der Waals surface area contributed by atoms with Gasteiger partial charge in [-0.2, -0.15) is 0 Å². The average molecular weight is 374 g/mol. The van der Waals surface area contributed by atoms with Crippen LogP contribution in [-0.4, -0.2) is 19.5 Å². The van der Waals surface area contributed by atoms with Crippen LogP contribution in [0, 0.1) is 10.1 Å². The van der Waals surface area contributed by atoms with Gasteiger partial charge in [-0.15, -0.1) is 0 Å². The van der Waals surface area contributed by atoms with Crippen LogP contribution >= 0.6 is 0 Å². The molecule has 0 atom stereocenters. The Kier molecular flexibility index (Phi) is 4.49. The number of ether oxygens (including phenoxy) is 1. The normalized spacial score (nSPS) is 11.1. The van der Waals surface area contributed by atoms with Crippen molar-refractivity contribution in [2.75, 3.05) is 0 Å². The van der Waals surface area contributed by atoms with Gasteiger partial charge in [0.2, 0.25) is 5.75 Å². The Morgan fingerprint density at radius 2 is 1.86 bits per heavy atom. The Labute approximate surface area is 161 Å². The fraction of sp³-hybridized carbons (Fsp3) is 0.143. The van der Waals surface area contributed by atoms with E-state index in [9.17, 15) is 10.1 Å². The number of hydrogen-bond donors (Lipinski definition) is 0. The number of para-hydroxylation sites is 2. The molecule has 0 N–H and O–H groups in total. The van der Waals surface area contributed by atoms with Crippen LogP contribution < -0.4 is 4.74 Å². The van der Waals surface area contributed by atoms with Gasteiger partial charge in [-0.1, -0.05) is 24.3 Å². The van der Waals surface area contributed by atoms with E-state index in [2.05, 4.69) is 34.6 Å². The molecule has 4 rings (SSSR count). The van der Waals surface area contributed by atoms with E-state index >= 15 is 0 Å². The minimum atomic E-state index is -0.454. The predicted molar refractivity (Wildman–Crippen MR) is 107 cm³/mol. The number of hydrogen-bond acceptors (Lipinski definition) is 5. The van der Waals surface area contributed by atoms with E-state index in [1.54, 1.807) is 36.7 Å². The third kappa shape index (κ3) is 3.18. The van der Waals surface area contributed by atoms with Gasteiger partial charge in [0.25, 0.3) is 0 Å². The lowest BCUT2D eigenvalue weighted by molar-refractivity contribution is -0.385. The fourth-order valence-corrected chi connectivity index (χ4v) is 3.14. The van der Waals surface area contributed by atoms with Crippen molar-refractivity contribution in [3.05, 3.63) is 77.4 Å². The molecule has 28 heavy (non-hydrogen) atoms. The Morgan fingerprint density at radius 3 is 2.57 bits per heavy atom. The molecule has 0 aliphatic rings. The molecule has 0 bridgehead atoms. The monoisotopic (exact) mass is 374 g/mol. The van der Waals surface area contributed by atoms with Crippen molar-refractivity contribution in [3.63, 3.8) is 0 Å². The zero-order valence-corrected chi connectivity index (χ0v) is 15.4. The van der Waals surface area contributed by atoms with Crippen LogP contribution in [0.25, 0.3) is 22.2 Å². The summed E-state index contributed by atoms with van der Waals surface area (Å²) in [6.45, 7) is 4.21. The highest BCUT2D eigenvalue weighted by atomic mass is 16.6.